The quantitative estimate of drug-likeness (QED) is 0.843. The molecule has 6 nitrogen and oxygen atoms in total. The Morgan fingerprint density at radius 3 is 2.57 bits per heavy atom. The molecule has 6 heteroatoms. The van der Waals surface area contributed by atoms with Crippen LogP contribution in [0.25, 0.3) is 0 Å². The largest absolute Gasteiger partial charge is 0.475 e. The number of rotatable bonds is 6. The third-order valence-electron chi connectivity index (χ3n) is 3.60. The number of anilines is 1. The predicted molar refractivity (Wildman–Crippen MR) is 84.7 cm³/mol. The lowest BCUT2D eigenvalue weighted by molar-refractivity contribution is 0.223. The van der Waals surface area contributed by atoms with Crippen molar-refractivity contribution in [3.8, 4) is 5.88 Å². The number of ether oxygens (including phenoxy) is 1. The summed E-state index contributed by atoms with van der Waals surface area (Å²) in [4.78, 5) is 13.5. The van der Waals surface area contributed by atoms with Crippen molar-refractivity contribution in [2.75, 3.05) is 44.2 Å². The molecule has 118 valence electrons. The van der Waals surface area contributed by atoms with Crippen LogP contribution in [0.5, 0.6) is 5.88 Å². The van der Waals surface area contributed by atoms with Crippen LogP contribution in [0.2, 0.25) is 0 Å². The molecular formula is C15H27N5O. The Hall–Kier alpha value is -1.40. The molecule has 2 rings (SSSR count). The summed E-state index contributed by atoms with van der Waals surface area (Å²) in [6.07, 6.45) is 1.89. The molecule has 0 aromatic carbocycles. The molecule has 0 radical (unpaired) electrons. The fourth-order valence-electron chi connectivity index (χ4n) is 2.44. The Morgan fingerprint density at radius 2 is 1.95 bits per heavy atom. The number of nitrogens with zero attached hydrogens (tertiary/aromatic N) is 4. The van der Waals surface area contributed by atoms with Gasteiger partial charge in [-0.15, -0.1) is 0 Å². The van der Waals surface area contributed by atoms with Crippen LogP contribution < -0.4 is 15.4 Å². The summed E-state index contributed by atoms with van der Waals surface area (Å²) in [6, 6.07) is 1.81. The monoisotopic (exact) mass is 293 g/mol. The van der Waals surface area contributed by atoms with Crippen molar-refractivity contribution >= 4 is 5.95 Å². The van der Waals surface area contributed by atoms with E-state index in [0.29, 0.717) is 11.8 Å². The lowest BCUT2D eigenvalue weighted by Gasteiger charge is -2.35. The molecule has 0 spiro atoms. The van der Waals surface area contributed by atoms with E-state index in [0.717, 1.165) is 45.2 Å². The van der Waals surface area contributed by atoms with E-state index in [-0.39, 0.29) is 6.10 Å². The first kappa shape index (κ1) is 16.0. The Balaban J connectivity index is 1.90. The Bertz CT molecular complexity index is 432. The maximum Gasteiger partial charge on any atom is 0.228 e. The molecular weight excluding hydrogens is 266 g/mol. The van der Waals surface area contributed by atoms with Crippen LogP contribution in [0.4, 0.5) is 5.95 Å². The zero-order valence-electron chi connectivity index (χ0n) is 13.3. The van der Waals surface area contributed by atoms with E-state index in [1.807, 2.05) is 19.9 Å². The van der Waals surface area contributed by atoms with E-state index in [9.17, 15) is 0 Å². The average Bonchev–Trinajstić information content (AvgIpc) is 2.47. The SMILES string of the molecule is CC(CN)CN1CCN(c2nccc(OC(C)C)n2)CC1. The van der Waals surface area contributed by atoms with Gasteiger partial charge >= 0.3 is 0 Å². The summed E-state index contributed by atoms with van der Waals surface area (Å²) in [7, 11) is 0. The van der Waals surface area contributed by atoms with E-state index < -0.39 is 0 Å². The van der Waals surface area contributed by atoms with Crippen LogP contribution in [0.15, 0.2) is 12.3 Å². The normalized spacial score (nSPS) is 18.0. The first-order valence-corrected chi connectivity index (χ1v) is 7.75. The van der Waals surface area contributed by atoms with Crippen LogP contribution in [0.3, 0.4) is 0 Å². The van der Waals surface area contributed by atoms with Gasteiger partial charge < -0.3 is 15.4 Å². The fraction of sp³-hybridized carbons (Fsp3) is 0.733. The summed E-state index contributed by atoms with van der Waals surface area (Å²) < 4.78 is 5.63. The number of hydrogen-bond donors (Lipinski definition) is 1. The second kappa shape index (κ2) is 7.56. The van der Waals surface area contributed by atoms with E-state index >= 15 is 0 Å². The third kappa shape index (κ3) is 4.82. The molecule has 2 heterocycles. The van der Waals surface area contributed by atoms with Crippen LogP contribution in [0, 0.1) is 5.92 Å². The topological polar surface area (TPSA) is 67.5 Å². The zero-order valence-corrected chi connectivity index (χ0v) is 13.3. The predicted octanol–water partition coefficient (Wildman–Crippen LogP) is 0.981. The van der Waals surface area contributed by atoms with Crippen molar-refractivity contribution in [1.82, 2.24) is 14.9 Å². The molecule has 0 saturated carbocycles. The summed E-state index contributed by atoms with van der Waals surface area (Å²) >= 11 is 0. The zero-order chi connectivity index (χ0) is 15.2. The van der Waals surface area contributed by atoms with Crippen molar-refractivity contribution < 1.29 is 4.74 Å². The number of piperazine rings is 1. The molecule has 21 heavy (non-hydrogen) atoms. The van der Waals surface area contributed by atoms with Gasteiger partial charge in [-0.3, -0.25) is 4.90 Å². The molecule has 1 aromatic rings. The maximum absolute atomic E-state index is 5.69. The van der Waals surface area contributed by atoms with Gasteiger partial charge in [0, 0.05) is 45.0 Å². The summed E-state index contributed by atoms with van der Waals surface area (Å²) in [5.74, 6) is 1.96. The highest BCUT2D eigenvalue weighted by atomic mass is 16.5. The van der Waals surface area contributed by atoms with Gasteiger partial charge in [0.15, 0.2) is 0 Å². The van der Waals surface area contributed by atoms with Crippen molar-refractivity contribution in [2.24, 2.45) is 11.7 Å². The summed E-state index contributed by atoms with van der Waals surface area (Å²) in [6.45, 7) is 12.0. The van der Waals surface area contributed by atoms with E-state index in [1.165, 1.54) is 0 Å². The summed E-state index contributed by atoms with van der Waals surface area (Å²) in [5, 5.41) is 0. The standard InChI is InChI=1S/C15H27N5O/c1-12(2)21-14-4-5-17-15(18-14)20-8-6-19(7-9-20)11-13(3)10-16/h4-5,12-13H,6-11,16H2,1-3H3. The maximum atomic E-state index is 5.69. The van der Waals surface area contributed by atoms with Crippen molar-refractivity contribution in [3.63, 3.8) is 0 Å². The van der Waals surface area contributed by atoms with Gasteiger partial charge in [0.1, 0.15) is 0 Å². The van der Waals surface area contributed by atoms with E-state index in [1.54, 1.807) is 6.20 Å². The molecule has 0 bridgehead atoms. The first-order valence-electron chi connectivity index (χ1n) is 7.75. The Kier molecular flexibility index (Phi) is 5.76. The molecule has 1 unspecified atom stereocenters. The van der Waals surface area contributed by atoms with Gasteiger partial charge in [-0.05, 0) is 26.3 Å². The number of hydrogen-bond acceptors (Lipinski definition) is 6. The third-order valence-corrected chi connectivity index (χ3v) is 3.60. The van der Waals surface area contributed by atoms with Crippen molar-refractivity contribution in [1.29, 1.82) is 0 Å². The first-order chi connectivity index (χ1) is 10.1. The van der Waals surface area contributed by atoms with Gasteiger partial charge in [-0.1, -0.05) is 6.92 Å². The minimum absolute atomic E-state index is 0.127. The van der Waals surface area contributed by atoms with Crippen LogP contribution in [0.1, 0.15) is 20.8 Å². The van der Waals surface area contributed by atoms with E-state index in [4.69, 9.17) is 10.5 Å². The van der Waals surface area contributed by atoms with Crippen LogP contribution in [-0.4, -0.2) is 60.2 Å². The van der Waals surface area contributed by atoms with Crippen molar-refractivity contribution in [3.05, 3.63) is 12.3 Å². The van der Waals surface area contributed by atoms with Gasteiger partial charge in [0.2, 0.25) is 11.8 Å². The fourth-order valence-corrected chi connectivity index (χ4v) is 2.44. The number of nitrogens with two attached hydrogens (primary N) is 1. The lowest BCUT2D eigenvalue weighted by Crippen LogP contribution is -2.48. The van der Waals surface area contributed by atoms with Crippen molar-refractivity contribution in [2.45, 2.75) is 26.9 Å². The highest BCUT2D eigenvalue weighted by molar-refractivity contribution is 5.32. The molecule has 1 atom stereocenters. The molecule has 1 aliphatic rings. The van der Waals surface area contributed by atoms with Gasteiger partial charge in [-0.25, -0.2) is 4.98 Å². The number of aromatic nitrogens is 2. The van der Waals surface area contributed by atoms with Gasteiger partial charge in [-0.2, -0.15) is 4.98 Å². The molecule has 1 aromatic heterocycles. The highest BCUT2D eigenvalue weighted by Gasteiger charge is 2.20. The van der Waals surface area contributed by atoms with Gasteiger partial charge in [0.25, 0.3) is 0 Å². The molecule has 1 aliphatic heterocycles. The molecule has 0 amide bonds. The van der Waals surface area contributed by atoms with Crippen LogP contribution in [-0.2, 0) is 0 Å². The molecule has 2 N–H and O–H groups in total. The van der Waals surface area contributed by atoms with E-state index in [2.05, 4.69) is 26.7 Å². The smallest absolute Gasteiger partial charge is 0.228 e. The molecule has 0 aliphatic carbocycles. The minimum atomic E-state index is 0.127. The highest BCUT2D eigenvalue weighted by Crippen LogP contribution is 2.16. The second-order valence-corrected chi connectivity index (χ2v) is 5.99. The van der Waals surface area contributed by atoms with Gasteiger partial charge in [0.05, 0.1) is 6.10 Å². The lowest BCUT2D eigenvalue weighted by atomic mass is 10.1. The Labute approximate surface area is 127 Å². The van der Waals surface area contributed by atoms with Crippen LogP contribution >= 0.6 is 0 Å². The summed E-state index contributed by atoms with van der Waals surface area (Å²) in [5.41, 5.74) is 5.69. The second-order valence-electron chi connectivity index (χ2n) is 5.99. The average molecular weight is 293 g/mol. The minimum Gasteiger partial charge on any atom is -0.475 e. The molecule has 1 fully saturated rings. The molecule has 1 saturated heterocycles. The Morgan fingerprint density at radius 1 is 1.24 bits per heavy atom.